The minimum Gasteiger partial charge on any atom is -0.379 e. The number of aromatic nitrogens is 3. The van der Waals surface area contributed by atoms with Gasteiger partial charge in [0.2, 0.25) is 0 Å². The topological polar surface area (TPSA) is 71.8 Å². The Morgan fingerprint density at radius 2 is 2.07 bits per heavy atom. The van der Waals surface area contributed by atoms with Crippen molar-refractivity contribution >= 4 is 17.2 Å². The van der Waals surface area contributed by atoms with Crippen LogP contribution < -0.4 is 5.32 Å². The van der Waals surface area contributed by atoms with E-state index >= 15 is 0 Å². The van der Waals surface area contributed by atoms with Crippen LogP contribution in [0.2, 0.25) is 0 Å². The number of hydrogen-bond acceptors (Lipinski definition) is 6. The summed E-state index contributed by atoms with van der Waals surface area (Å²) in [5, 5.41) is 8.10. The number of fused-ring (bicyclic) bond motifs is 1. The lowest BCUT2D eigenvalue weighted by molar-refractivity contribution is 0.0378. The molecule has 0 unspecified atom stereocenters. The molecule has 0 amide bonds. The largest absolute Gasteiger partial charge is 0.379 e. The fourth-order valence-electron chi connectivity index (χ4n) is 3.41. The van der Waals surface area contributed by atoms with Crippen LogP contribution in [0.15, 0.2) is 42.6 Å². The van der Waals surface area contributed by atoms with Crippen LogP contribution in [0.4, 0.5) is 5.82 Å². The minimum absolute atomic E-state index is 0.0475. The maximum atomic E-state index is 11.7. The summed E-state index contributed by atoms with van der Waals surface area (Å²) in [4.78, 5) is 18.6. The normalized spacial score (nSPS) is 15.0. The number of benzene rings is 1. The number of Topliss-reactive ketones (excluding diaryl/α,β-unsaturated/α-hetero) is 1. The van der Waals surface area contributed by atoms with Gasteiger partial charge in [0.05, 0.1) is 25.1 Å². The molecule has 7 heteroatoms. The quantitative estimate of drug-likeness (QED) is 0.503. The number of ether oxygens (including phenoxy) is 1. The molecule has 0 spiro atoms. The molecule has 1 aromatic carbocycles. The van der Waals surface area contributed by atoms with Gasteiger partial charge in [-0.1, -0.05) is 18.2 Å². The van der Waals surface area contributed by atoms with Gasteiger partial charge in [-0.3, -0.25) is 9.69 Å². The van der Waals surface area contributed by atoms with E-state index in [1.54, 1.807) is 13.1 Å². The van der Waals surface area contributed by atoms with Crippen LogP contribution in [0.25, 0.3) is 16.9 Å². The third-order valence-corrected chi connectivity index (χ3v) is 4.99. The second-order valence-corrected chi connectivity index (χ2v) is 7.00. The molecule has 4 rings (SSSR count). The molecule has 0 radical (unpaired) electrons. The van der Waals surface area contributed by atoms with Crippen molar-refractivity contribution in [3.8, 4) is 11.3 Å². The predicted octanol–water partition coefficient (Wildman–Crippen LogP) is 2.73. The van der Waals surface area contributed by atoms with E-state index in [0.717, 1.165) is 68.5 Å². The maximum absolute atomic E-state index is 11.7. The number of nitrogens with one attached hydrogen (secondary N) is 1. The summed E-state index contributed by atoms with van der Waals surface area (Å²) >= 11 is 0. The van der Waals surface area contributed by atoms with Crippen molar-refractivity contribution < 1.29 is 9.53 Å². The van der Waals surface area contributed by atoms with Gasteiger partial charge in [0, 0.05) is 30.8 Å². The third-order valence-electron chi connectivity index (χ3n) is 4.99. The Labute approximate surface area is 164 Å². The number of nitrogens with zero attached hydrogens (tertiary/aromatic N) is 4. The summed E-state index contributed by atoms with van der Waals surface area (Å²) in [5.74, 6) is 0.864. The molecule has 1 fully saturated rings. The lowest BCUT2D eigenvalue weighted by atomic mass is 10.1. The summed E-state index contributed by atoms with van der Waals surface area (Å²) in [6, 6.07) is 11.5. The number of morpholine rings is 1. The van der Waals surface area contributed by atoms with E-state index in [2.05, 4.69) is 15.2 Å². The summed E-state index contributed by atoms with van der Waals surface area (Å²) < 4.78 is 7.20. The average Bonchev–Trinajstić information content (AvgIpc) is 3.15. The first-order valence-corrected chi connectivity index (χ1v) is 9.71. The van der Waals surface area contributed by atoms with Gasteiger partial charge >= 0.3 is 0 Å². The standard InChI is InChI=1S/C21H25N5O2/c1-16(27)17-4-2-5-18(14-17)19-15-23-21-7-6-20(24-26(19)21)22-8-3-9-25-10-12-28-13-11-25/h2,4-7,14-15H,3,8-13H2,1H3,(H,22,24). The molecular formula is C21H25N5O2. The molecule has 0 atom stereocenters. The zero-order valence-electron chi connectivity index (χ0n) is 16.1. The highest BCUT2D eigenvalue weighted by molar-refractivity contribution is 5.95. The summed E-state index contributed by atoms with van der Waals surface area (Å²) in [6.07, 6.45) is 2.85. The molecule has 28 heavy (non-hydrogen) atoms. The van der Waals surface area contributed by atoms with Gasteiger partial charge in [0.25, 0.3) is 0 Å². The highest BCUT2D eigenvalue weighted by Gasteiger charge is 2.11. The molecule has 7 nitrogen and oxygen atoms in total. The van der Waals surface area contributed by atoms with Crippen LogP contribution in [0.3, 0.4) is 0 Å². The molecule has 146 valence electrons. The second kappa shape index (κ2) is 8.50. The fraction of sp³-hybridized carbons (Fsp3) is 0.381. The van der Waals surface area contributed by atoms with Crippen LogP contribution in [0.1, 0.15) is 23.7 Å². The minimum atomic E-state index is 0.0475. The molecular weight excluding hydrogens is 354 g/mol. The smallest absolute Gasteiger partial charge is 0.159 e. The van der Waals surface area contributed by atoms with Crippen molar-refractivity contribution in [2.24, 2.45) is 0 Å². The van der Waals surface area contributed by atoms with Crippen LogP contribution >= 0.6 is 0 Å². The van der Waals surface area contributed by atoms with E-state index in [0.29, 0.717) is 5.56 Å². The van der Waals surface area contributed by atoms with Crippen LogP contribution in [0, 0.1) is 0 Å². The van der Waals surface area contributed by atoms with Crippen molar-refractivity contribution in [3.63, 3.8) is 0 Å². The lowest BCUT2D eigenvalue weighted by Crippen LogP contribution is -2.37. The summed E-state index contributed by atoms with van der Waals surface area (Å²) in [7, 11) is 0. The number of carbonyl (C=O) groups excluding carboxylic acids is 1. The number of rotatable bonds is 7. The maximum Gasteiger partial charge on any atom is 0.159 e. The van der Waals surface area contributed by atoms with Crippen LogP contribution in [-0.4, -0.2) is 64.7 Å². The second-order valence-electron chi connectivity index (χ2n) is 7.00. The van der Waals surface area contributed by atoms with E-state index in [1.165, 1.54) is 0 Å². The Bertz CT molecular complexity index is 962. The molecule has 0 aliphatic carbocycles. The highest BCUT2D eigenvalue weighted by atomic mass is 16.5. The average molecular weight is 379 g/mol. The van der Waals surface area contributed by atoms with Gasteiger partial charge in [-0.25, -0.2) is 9.50 Å². The predicted molar refractivity (Wildman–Crippen MR) is 109 cm³/mol. The van der Waals surface area contributed by atoms with Crippen molar-refractivity contribution in [3.05, 3.63) is 48.2 Å². The van der Waals surface area contributed by atoms with Gasteiger partial charge in [-0.15, -0.1) is 5.10 Å². The third kappa shape index (κ3) is 4.21. The number of carbonyl (C=O) groups is 1. The van der Waals surface area contributed by atoms with E-state index in [-0.39, 0.29) is 5.78 Å². The van der Waals surface area contributed by atoms with Crippen LogP contribution in [0.5, 0.6) is 0 Å². The number of ketones is 1. The Morgan fingerprint density at radius 3 is 2.89 bits per heavy atom. The Kier molecular flexibility index (Phi) is 5.64. The highest BCUT2D eigenvalue weighted by Crippen LogP contribution is 2.22. The Balaban J connectivity index is 1.45. The Hall–Kier alpha value is -2.77. The van der Waals surface area contributed by atoms with Crippen molar-refractivity contribution in [2.75, 3.05) is 44.7 Å². The molecule has 3 heterocycles. The van der Waals surface area contributed by atoms with E-state index in [9.17, 15) is 4.79 Å². The molecule has 0 bridgehead atoms. The number of hydrogen-bond donors (Lipinski definition) is 1. The lowest BCUT2D eigenvalue weighted by Gasteiger charge is -2.26. The van der Waals surface area contributed by atoms with E-state index in [1.807, 2.05) is 40.9 Å². The number of imidazole rings is 1. The molecule has 1 aliphatic rings. The molecule has 2 aromatic heterocycles. The van der Waals surface area contributed by atoms with Crippen molar-refractivity contribution in [1.29, 1.82) is 0 Å². The SMILES string of the molecule is CC(=O)c1cccc(-c2cnc3ccc(NCCCN4CCOCC4)nn23)c1. The molecule has 1 aliphatic heterocycles. The first-order chi connectivity index (χ1) is 13.7. The molecule has 3 aromatic rings. The summed E-state index contributed by atoms with van der Waals surface area (Å²) in [5.41, 5.74) is 3.26. The van der Waals surface area contributed by atoms with Crippen LogP contribution in [-0.2, 0) is 4.74 Å². The van der Waals surface area contributed by atoms with Gasteiger partial charge in [-0.2, -0.15) is 0 Å². The Morgan fingerprint density at radius 1 is 1.21 bits per heavy atom. The molecule has 1 N–H and O–H groups in total. The summed E-state index contributed by atoms with van der Waals surface area (Å²) in [6.45, 7) is 7.20. The first kappa shape index (κ1) is 18.6. The fourth-order valence-corrected chi connectivity index (χ4v) is 3.41. The molecule has 0 saturated carbocycles. The van der Waals surface area contributed by atoms with E-state index in [4.69, 9.17) is 9.84 Å². The van der Waals surface area contributed by atoms with Crippen molar-refractivity contribution in [1.82, 2.24) is 19.5 Å². The zero-order valence-corrected chi connectivity index (χ0v) is 16.1. The number of anilines is 1. The van der Waals surface area contributed by atoms with Crippen molar-refractivity contribution in [2.45, 2.75) is 13.3 Å². The molecule has 1 saturated heterocycles. The van der Waals surface area contributed by atoms with Gasteiger partial charge < -0.3 is 10.1 Å². The first-order valence-electron chi connectivity index (χ1n) is 9.71. The van der Waals surface area contributed by atoms with Gasteiger partial charge in [0.1, 0.15) is 5.82 Å². The van der Waals surface area contributed by atoms with E-state index < -0.39 is 0 Å². The monoisotopic (exact) mass is 379 g/mol. The zero-order chi connectivity index (χ0) is 19.3. The van der Waals surface area contributed by atoms with Gasteiger partial charge in [0.15, 0.2) is 11.4 Å². The van der Waals surface area contributed by atoms with Gasteiger partial charge in [-0.05, 0) is 38.1 Å².